The SMILES string of the molecule is CCC1(C)CCC2=C(CCC3C(C)(C(=O)O)CCCC23C)C1. The monoisotopic (exact) mass is 304 g/mol. The second-order valence-electron chi connectivity index (χ2n) is 9.01. The highest BCUT2D eigenvalue weighted by molar-refractivity contribution is 5.75. The maximum absolute atomic E-state index is 12.0. The summed E-state index contributed by atoms with van der Waals surface area (Å²) >= 11 is 0. The van der Waals surface area contributed by atoms with Crippen molar-refractivity contribution < 1.29 is 9.90 Å². The van der Waals surface area contributed by atoms with Crippen molar-refractivity contribution in [1.29, 1.82) is 0 Å². The first kappa shape index (κ1) is 16.1. The van der Waals surface area contributed by atoms with Gasteiger partial charge in [-0.05, 0) is 68.6 Å². The molecule has 0 aromatic rings. The molecule has 3 aliphatic rings. The fourth-order valence-corrected chi connectivity index (χ4v) is 5.99. The number of aliphatic carboxylic acids is 1. The second kappa shape index (κ2) is 5.11. The summed E-state index contributed by atoms with van der Waals surface area (Å²) in [5.74, 6) is -0.238. The van der Waals surface area contributed by atoms with E-state index in [0.29, 0.717) is 11.3 Å². The Balaban J connectivity index is 1.99. The van der Waals surface area contributed by atoms with Crippen LogP contribution in [0.1, 0.15) is 85.5 Å². The van der Waals surface area contributed by atoms with Gasteiger partial charge in [-0.2, -0.15) is 0 Å². The van der Waals surface area contributed by atoms with Crippen molar-refractivity contribution in [2.24, 2.45) is 22.2 Å². The fourth-order valence-electron chi connectivity index (χ4n) is 5.99. The lowest BCUT2D eigenvalue weighted by atomic mass is 9.47. The van der Waals surface area contributed by atoms with Crippen molar-refractivity contribution in [1.82, 2.24) is 0 Å². The third-order valence-corrected chi connectivity index (χ3v) is 7.74. The zero-order chi connectivity index (χ0) is 16.2. The molecule has 4 atom stereocenters. The van der Waals surface area contributed by atoms with E-state index in [2.05, 4.69) is 20.8 Å². The molecule has 0 saturated heterocycles. The van der Waals surface area contributed by atoms with Crippen molar-refractivity contribution in [3.63, 3.8) is 0 Å². The molecule has 0 bridgehead atoms. The molecule has 22 heavy (non-hydrogen) atoms. The number of carboxylic acid groups (broad SMARTS) is 1. The van der Waals surface area contributed by atoms with Crippen LogP contribution in [0.2, 0.25) is 0 Å². The summed E-state index contributed by atoms with van der Waals surface area (Å²) in [5.41, 5.74) is 3.48. The van der Waals surface area contributed by atoms with Gasteiger partial charge in [0.2, 0.25) is 0 Å². The molecule has 124 valence electrons. The summed E-state index contributed by atoms with van der Waals surface area (Å²) < 4.78 is 0. The maximum Gasteiger partial charge on any atom is 0.309 e. The summed E-state index contributed by atoms with van der Waals surface area (Å²) in [6, 6.07) is 0. The lowest BCUT2D eigenvalue weighted by Gasteiger charge is -2.56. The Morgan fingerprint density at radius 3 is 2.55 bits per heavy atom. The van der Waals surface area contributed by atoms with Crippen LogP contribution in [0.15, 0.2) is 11.1 Å². The van der Waals surface area contributed by atoms with Gasteiger partial charge in [-0.1, -0.05) is 44.8 Å². The zero-order valence-corrected chi connectivity index (χ0v) is 14.8. The van der Waals surface area contributed by atoms with Crippen LogP contribution in [0.25, 0.3) is 0 Å². The number of fused-ring (bicyclic) bond motifs is 2. The third kappa shape index (κ3) is 2.17. The molecule has 0 heterocycles. The van der Waals surface area contributed by atoms with Crippen LogP contribution in [0, 0.1) is 22.2 Å². The first-order valence-electron chi connectivity index (χ1n) is 9.20. The first-order valence-corrected chi connectivity index (χ1v) is 9.20. The normalized spacial score (nSPS) is 45.2. The van der Waals surface area contributed by atoms with Crippen molar-refractivity contribution in [2.75, 3.05) is 0 Å². The van der Waals surface area contributed by atoms with E-state index in [1.807, 2.05) is 6.92 Å². The van der Waals surface area contributed by atoms with E-state index >= 15 is 0 Å². The smallest absolute Gasteiger partial charge is 0.309 e. The maximum atomic E-state index is 12.0. The Bertz CT molecular complexity index is 520. The minimum Gasteiger partial charge on any atom is -0.481 e. The number of hydrogen-bond donors (Lipinski definition) is 1. The summed E-state index contributed by atoms with van der Waals surface area (Å²) in [4.78, 5) is 12.0. The van der Waals surface area contributed by atoms with Crippen LogP contribution in [-0.2, 0) is 4.79 Å². The molecule has 1 saturated carbocycles. The summed E-state index contributed by atoms with van der Waals surface area (Å²) in [6.45, 7) is 9.16. The van der Waals surface area contributed by atoms with Gasteiger partial charge in [0.15, 0.2) is 0 Å². The summed E-state index contributed by atoms with van der Waals surface area (Å²) in [7, 11) is 0. The lowest BCUT2D eigenvalue weighted by molar-refractivity contribution is -0.159. The zero-order valence-electron chi connectivity index (χ0n) is 14.8. The number of allylic oxidation sites excluding steroid dienone is 2. The Morgan fingerprint density at radius 2 is 1.91 bits per heavy atom. The number of carbonyl (C=O) groups is 1. The molecule has 2 heteroatoms. The third-order valence-electron chi connectivity index (χ3n) is 7.74. The second-order valence-corrected chi connectivity index (χ2v) is 9.01. The van der Waals surface area contributed by atoms with Gasteiger partial charge in [0.25, 0.3) is 0 Å². The molecule has 2 nitrogen and oxygen atoms in total. The predicted molar refractivity (Wildman–Crippen MR) is 89.7 cm³/mol. The van der Waals surface area contributed by atoms with Crippen molar-refractivity contribution >= 4 is 5.97 Å². The van der Waals surface area contributed by atoms with Crippen LogP contribution in [0.4, 0.5) is 0 Å². The minimum atomic E-state index is -0.568. The molecule has 0 aliphatic heterocycles. The molecular formula is C20H32O2. The Kier molecular flexibility index (Phi) is 3.73. The van der Waals surface area contributed by atoms with Gasteiger partial charge in [0.05, 0.1) is 5.41 Å². The number of rotatable bonds is 2. The fraction of sp³-hybridized carbons (Fsp3) is 0.850. The van der Waals surface area contributed by atoms with Crippen LogP contribution in [0.5, 0.6) is 0 Å². The lowest BCUT2D eigenvalue weighted by Crippen LogP contribution is -2.51. The van der Waals surface area contributed by atoms with E-state index in [1.165, 1.54) is 32.1 Å². The van der Waals surface area contributed by atoms with Gasteiger partial charge in [0, 0.05) is 0 Å². The average molecular weight is 304 g/mol. The van der Waals surface area contributed by atoms with Gasteiger partial charge in [0.1, 0.15) is 0 Å². The van der Waals surface area contributed by atoms with Gasteiger partial charge in [-0.15, -0.1) is 0 Å². The van der Waals surface area contributed by atoms with E-state index in [9.17, 15) is 9.90 Å². The molecule has 1 N–H and O–H groups in total. The van der Waals surface area contributed by atoms with Crippen molar-refractivity contribution in [3.05, 3.63) is 11.1 Å². The predicted octanol–water partition coefficient (Wildman–Crippen LogP) is 5.57. The van der Waals surface area contributed by atoms with Crippen LogP contribution >= 0.6 is 0 Å². The first-order chi connectivity index (χ1) is 10.3. The van der Waals surface area contributed by atoms with Crippen LogP contribution in [0.3, 0.4) is 0 Å². The molecule has 0 aromatic heterocycles. The summed E-state index contributed by atoms with van der Waals surface area (Å²) in [6.07, 6.45) is 10.4. The summed E-state index contributed by atoms with van der Waals surface area (Å²) in [5, 5.41) is 9.85. The number of hydrogen-bond acceptors (Lipinski definition) is 1. The van der Waals surface area contributed by atoms with Crippen LogP contribution in [-0.4, -0.2) is 11.1 Å². The number of carboxylic acids is 1. The average Bonchev–Trinajstić information content (AvgIpc) is 2.46. The standard InChI is InChI=1S/C20H32O2/c1-5-18(2)12-9-15-14(13-18)7-8-16-19(15,3)10-6-11-20(16,4)17(21)22/h16H,5-13H2,1-4H3,(H,21,22). The van der Waals surface area contributed by atoms with Gasteiger partial charge in [-0.25, -0.2) is 0 Å². The highest BCUT2D eigenvalue weighted by Crippen LogP contribution is 2.63. The molecule has 3 rings (SSSR count). The van der Waals surface area contributed by atoms with E-state index in [1.54, 1.807) is 11.1 Å². The molecule has 0 radical (unpaired) electrons. The Morgan fingerprint density at radius 1 is 1.18 bits per heavy atom. The topological polar surface area (TPSA) is 37.3 Å². The molecule has 0 spiro atoms. The molecule has 3 aliphatic carbocycles. The van der Waals surface area contributed by atoms with E-state index in [0.717, 1.165) is 25.7 Å². The van der Waals surface area contributed by atoms with Gasteiger partial charge < -0.3 is 5.11 Å². The van der Waals surface area contributed by atoms with E-state index in [-0.39, 0.29) is 5.41 Å². The minimum absolute atomic E-state index is 0.147. The van der Waals surface area contributed by atoms with Gasteiger partial charge >= 0.3 is 5.97 Å². The van der Waals surface area contributed by atoms with E-state index < -0.39 is 11.4 Å². The van der Waals surface area contributed by atoms with Gasteiger partial charge in [-0.3, -0.25) is 4.79 Å². The molecule has 1 fully saturated rings. The van der Waals surface area contributed by atoms with Crippen LogP contribution < -0.4 is 0 Å². The van der Waals surface area contributed by atoms with Crippen molar-refractivity contribution in [2.45, 2.75) is 85.5 Å². The molecule has 0 amide bonds. The highest BCUT2D eigenvalue weighted by Gasteiger charge is 2.56. The van der Waals surface area contributed by atoms with Crippen molar-refractivity contribution in [3.8, 4) is 0 Å². The quantitative estimate of drug-likeness (QED) is 0.677. The highest BCUT2D eigenvalue weighted by atomic mass is 16.4. The Labute approximate surface area is 135 Å². The molecule has 4 unspecified atom stereocenters. The molecule has 0 aromatic carbocycles. The largest absolute Gasteiger partial charge is 0.481 e. The molecular weight excluding hydrogens is 272 g/mol. The van der Waals surface area contributed by atoms with E-state index in [4.69, 9.17) is 0 Å². The Hall–Kier alpha value is -0.790.